The first-order valence-electron chi connectivity index (χ1n) is 14.7. The lowest BCUT2D eigenvalue weighted by Gasteiger charge is -2.39. The number of fused-ring (bicyclic) bond motifs is 1. The normalized spacial score (nSPS) is 21.1. The van der Waals surface area contributed by atoms with E-state index in [1.165, 1.54) is 64.1 Å². The third-order valence-electron chi connectivity index (χ3n) is 9.10. The van der Waals surface area contributed by atoms with Gasteiger partial charge < -0.3 is 4.90 Å². The van der Waals surface area contributed by atoms with Crippen LogP contribution in [0.1, 0.15) is 85.3 Å². The molecule has 3 heterocycles. The van der Waals surface area contributed by atoms with Crippen LogP contribution in [-0.2, 0) is 0 Å². The molecule has 3 aliphatic heterocycles. The molecule has 0 radical (unpaired) electrons. The van der Waals surface area contributed by atoms with Crippen LogP contribution in [0.2, 0.25) is 0 Å². The van der Waals surface area contributed by atoms with Crippen molar-refractivity contribution in [2.75, 3.05) is 26.7 Å². The fourth-order valence-electron chi connectivity index (χ4n) is 6.52. The molecule has 2 unspecified atom stereocenters. The highest BCUT2D eigenvalue weighted by Gasteiger charge is 2.37. The summed E-state index contributed by atoms with van der Waals surface area (Å²) in [4.78, 5) is 7.30. The van der Waals surface area contributed by atoms with Gasteiger partial charge in [-0.15, -0.1) is 0 Å². The molecule has 0 bridgehead atoms. The minimum absolute atomic E-state index is 0.145. The highest BCUT2D eigenvalue weighted by Crippen LogP contribution is 2.38. The van der Waals surface area contributed by atoms with Crippen LogP contribution in [0.4, 0.5) is 0 Å². The van der Waals surface area contributed by atoms with Gasteiger partial charge in [-0.1, -0.05) is 63.6 Å². The molecular weight excluding hydrogens is 462 g/mol. The van der Waals surface area contributed by atoms with Crippen molar-refractivity contribution in [2.45, 2.75) is 80.2 Å². The molecule has 3 nitrogen and oxygen atoms in total. The molecule has 0 aromatic heterocycles. The lowest BCUT2D eigenvalue weighted by atomic mass is 9.76. The zero-order valence-electron chi connectivity index (χ0n) is 25.3. The van der Waals surface area contributed by atoms with Gasteiger partial charge in [0.15, 0.2) is 12.3 Å². The lowest BCUT2D eigenvalue weighted by molar-refractivity contribution is -0.488. The second kappa shape index (κ2) is 11.6. The molecule has 204 valence electrons. The van der Waals surface area contributed by atoms with Gasteiger partial charge in [0.25, 0.3) is 0 Å². The van der Waals surface area contributed by atoms with E-state index in [9.17, 15) is 0 Å². The summed E-state index contributed by atoms with van der Waals surface area (Å²) in [5.41, 5.74) is 11.4. The molecule has 2 atom stereocenters. The minimum atomic E-state index is 0.145. The Bertz CT molecular complexity index is 1200. The largest absolute Gasteiger partial charge is 0.375 e. The Morgan fingerprint density at radius 2 is 1.79 bits per heavy atom. The summed E-state index contributed by atoms with van der Waals surface area (Å²) < 4.78 is 2.53. The summed E-state index contributed by atoms with van der Waals surface area (Å²) in [6, 6.07) is 9.33. The van der Waals surface area contributed by atoms with Crippen LogP contribution in [0.15, 0.2) is 70.4 Å². The van der Waals surface area contributed by atoms with Crippen LogP contribution < -0.4 is 0 Å². The van der Waals surface area contributed by atoms with E-state index in [2.05, 4.69) is 113 Å². The first-order valence-corrected chi connectivity index (χ1v) is 14.7. The monoisotopic (exact) mass is 512 g/mol. The molecule has 3 heteroatoms. The summed E-state index contributed by atoms with van der Waals surface area (Å²) >= 11 is 0. The SMILES string of the molecule is C=C(CC(=C(C)C)N1CCC(C(CC)C2=[N+](C)CC=C(C3=CC=NC3C)c3ccccc32)CC1)C(C)(C)C. The molecule has 3 aliphatic rings. The van der Waals surface area contributed by atoms with E-state index in [1.54, 1.807) is 0 Å². The maximum atomic E-state index is 4.63. The number of allylic oxidation sites excluding steroid dienone is 3. The molecule has 1 aromatic rings. The Morgan fingerprint density at radius 1 is 1.13 bits per heavy atom. The fourth-order valence-corrected chi connectivity index (χ4v) is 6.52. The van der Waals surface area contributed by atoms with Crippen LogP contribution in [0.5, 0.6) is 0 Å². The Kier molecular flexibility index (Phi) is 8.65. The Morgan fingerprint density at radius 3 is 2.34 bits per heavy atom. The predicted octanol–water partition coefficient (Wildman–Crippen LogP) is 7.94. The van der Waals surface area contributed by atoms with E-state index in [0.717, 1.165) is 26.1 Å². The first-order chi connectivity index (χ1) is 18.0. The fraction of sp³-hybridized carbons (Fsp3) is 0.543. The summed E-state index contributed by atoms with van der Waals surface area (Å²) in [5.74, 6) is 1.25. The van der Waals surface area contributed by atoms with Crippen LogP contribution >= 0.6 is 0 Å². The molecule has 0 saturated carbocycles. The van der Waals surface area contributed by atoms with E-state index in [4.69, 9.17) is 0 Å². The predicted molar refractivity (Wildman–Crippen MR) is 165 cm³/mol. The summed E-state index contributed by atoms with van der Waals surface area (Å²) in [6.07, 6.45) is 11.3. The quantitative estimate of drug-likeness (QED) is 0.268. The average molecular weight is 513 g/mol. The Labute approximate surface area is 232 Å². The van der Waals surface area contributed by atoms with Crippen LogP contribution in [0.25, 0.3) is 5.57 Å². The highest BCUT2D eigenvalue weighted by atomic mass is 15.1. The molecule has 1 saturated heterocycles. The van der Waals surface area contributed by atoms with Gasteiger partial charge in [-0.2, -0.15) is 0 Å². The number of likely N-dealkylation sites (tertiary alicyclic amines) is 1. The number of rotatable bonds is 7. The molecule has 1 fully saturated rings. The summed E-state index contributed by atoms with van der Waals surface area (Å²) in [7, 11) is 2.30. The Hall–Kier alpha value is -2.68. The molecule has 0 N–H and O–H groups in total. The van der Waals surface area contributed by atoms with Crippen molar-refractivity contribution in [3.05, 3.63) is 76.5 Å². The van der Waals surface area contributed by atoms with Crippen LogP contribution in [-0.4, -0.2) is 54.1 Å². The second-order valence-electron chi connectivity index (χ2n) is 12.8. The van der Waals surface area contributed by atoms with Crippen molar-refractivity contribution >= 4 is 17.5 Å². The van der Waals surface area contributed by atoms with Crippen molar-refractivity contribution in [1.29, 1.82) is 0 Å². The zero-order valence-corrected chi connectivity index (χ0v) is 25.3. The molecule has 1 aromatic carbocycles. The second-order valence-corrected chi connectivity index (χ2v) is 12.8. The third-order valence-corrected chi connectivity index (χ3v) is 9.10. The van der Waals surface area contributed by atoms with Gasteiger partial charge in [-0.25, -0.2) is 4.58 Å². The minimum Gasteiger partial charge on any atom is -0.375 e. The number of benzene rings is 1. The van der Waals surface area contributed by atoms with E-state index >= 15 is 0 Å². The van der Waals surface area contributed by atoms with Crippen molar-refractivity contribution in [1.82, 2.24) is 4.90 Å². The van der Waals surface area contributed by atoms with Gasteiger partial charge in [0.05, 0.1) is 6.04 Å². The maximum Gasteiger partial charge on any atom is 0.187 e. The van der Waals surface area contributed by atoms with Crippen molar-refractivity contribution < 1.29 is 4.58 Å². The van der Waals surface area contributed by atoms with Crippen LogP contribution in [0, 0.1) is 17.3 Å². The topological polar surface area (TPSA) is 18.6 Å². The molecule has 0 spiro atoms. The van der Waals surface area contributed by atoms with E-state index in [1.807, 2.05) is 6.21 Å². The van der Waals surface area contributed by atoms with Gasteiger partial charge in [0, 0.05) is 42.9 Å². The van der Waals surface area contributed by atoms with E-state index in [-0.39, 0.29) is 11.5 Å². The van der Waals surface area contributed by atoms with Gasteiger partial charge >= 0.3 is 0 Å². The van der Waals surface area contributed by atoms with E-state index in [0.29, 0.717) is 11.8 Å². The van der Waals surface area contributed by atoms with Crippen LogP contribution in [0.3, 0.4) is 0 Å². The zero-order chi connectivity index (χ0) is 27.6. The number of piperidine rings is 1. The summed E-state index contributed by atoms with van der Waals surface area (Å²) in [6.45, 7) is 23.7. The first kappa shape index (κ1) is 28.3. The lowest BCUT2D eigenvalue weighted by Crippen LogP contribution is -2.40. The molecule has 0 aliphatic carbocycles. The van der Waals surface area contributed by atoms with Crippen molar-refractivity contribution in [2.24, 2.45) is 22.2 Å². The maximum absolute atomic E-state index is 4.63. The van der Waals surface area contributed by atoms with Gasteiger partial charge in [0.1, 0.15) is 7.05 Å². The molecule has 4 rings (SSSR count). The third kappa shape index (κ3) is 5.82. The summed E-state index contributed by atoms with van der Waals surface area (Å²) in [5, 5.41) is 0. The molecule has 38 heavy (non-hydrogen) atoms. The van der Waals surface area contributed by atoms with Gasteiger partial charge in [-0.05, 0) is 86.3 Å². The highest BCUT2D eigenvalue weighted by molar-refractivity contribution is 6.05. The molecular formula is C35H50N3+. The van der Waals surface area contributed by atoms with E-state index < -0.39 is 0 Å². The van der Waals surface area contributed by atoms with Crippen molar-refractivity contribution in [3.8, 4) is 0 Å². The number of hydrogen-bond donors (Lipinski definition) is 0. The average Bonchev–Trinajstić information content (AvgIpc) is 3.24. The number of likely N-dealkylation sites (N-methyl/N-ethyl adjacent to an activating group) is 1. The van der Waals surface area contributed by atoms with Gasteiger partial charge in [-0.3, -0.25) is 4.99 Å². The number of nitrogens with zero attached hydrogens (tertiary/aromatic N) is 3. The number of hydrogen-bond acceptors (Lipinski definition) is 2. The Balaban J connectivity index is 1.57. The van der Waals surface area contributed by atoms with Crippen molar-refractivity contribution in [3.63, 3.8) is 0 Å². The van der Waals surface area contributed by atoms with Gasteiger partial charge in [0.2, 0.25) is 0 Å². The molecule has 0 amide bonds. The standard InChI is InChI=1S/C35H50N3/c1-10-28(27-16-21-38(22-17-27)33(24(2)3)23-25(4)35(6,7)8)34-32-14-12-11-13-30(32)31(18-20-37(34)9)29-15-19-36-26(29)5/h11-15,18-19,26-28H,4,10,16-17,20-23H2,1-3,5-9H3/q+1. The number of aliphatic imine (C=N–C) groups is 1. The smallest absolute Gasteiger partial charge is 0.187 e.